The number of nitrogen functional groups attached to an aromatic ring is 1. The van der Waals surface area contributed by atoms with Crippen LogP contribution in [0.2, 0.25) is 5.02 Å². The zero-order valence-corrected chi connectivity index (χ0v) is 20.7. The quantitative estimate of drug-likeness (QED) is 0.430. The number of para-hydroxylation sites is 1. The van der Waals surface area contributed by atoms with E-state index in [1.165, 1.54) is 0 Å². The number of carbonyl (C=O) groups is 1. The number of nitrogens with two attached hydrogens (primary N) is 1. The molecule has 2 aromatic carbocycles. The fourth-order valence-electron chi connectivity index (χ4n) is 4.90. The molecule has 1 aliphatic heterocycles. The Bertz CT molecular complexity index is 1180. The van der Waals surface area contributed by atoms with Crippen LogP contribution in [0.25, 0.3) is 11.1 Å². The second-order valence-electron chi connectivity index (χ2n) is 10.2. The van der Waals surface area contributed by atoms with Gasteiger partial charge >= 0.3 is 0 Å². The minimum absolute atomic E-state index is 0.0532. The number of hydrogen-bond donors (Lipinski definition) is 3. The van der Waals surface area contributed by atoms with Gasteiger partial charge in [-0.3, -0.25) is 4.79 Å². The van der Waals surface area contributed by atoms with Gasteiger partial charge in [-0.25, -0.2) is 4.98 Å². The molecule has 0 spiro atoms. The fraction of sp³-hybridized carbons (Fsp3) is 0.333. The summed E-state index contributed by atoms with van der Waals surface area (Å²) in [6, 6.07) is 16.5. The maximum atomic E-state index is 13.0. The predicted molar refractivity (Wildman–Crippen MR) is 137 cm³/mol. The van der Waals surface area contributed by atoms with Crippen LogP contribution >= 0.6 is 11.6 Å². The number of piperidine rings is 1. The van der Waals surface area contributed by atoms with Gasteiger partial charge in [0.05, 0.1) is 5.02 Å². The highest BCUT2D eigenvalue weighted by atomic mass is 35.5. The maximum Gasteiger partial charge on any atom is 0.251 e. The average molecular weight is 479 g/mol. The minimum atomic E-state index is -0.139. The molecule has 7 heteroatoms. The van der Waals surface area contributed by atoms with Crippen LogP contribution in [0.1, 0.15) is 50.9 Å². The van der Waals surface area contributed by atoms with Crippen molar-refractivity contribution in [1.29, 1.82) is 0 Å². The van der Waals surface area contributed by atoms with E-state index in [1.807, 2.05) is 30.3 Å². The molecule has 34 heavy (non-hydrogen) atoms. The second kappa shape index (κ2) is 9.28. The van der Waals surface area contributed by atoms with Gasteiger partial charge in [-0.15, -0.1) is 0 Å². The van der Waals surface area contributed by atoms with Crippen LogP contribution in [0.3, 0.4) is 0 Å². The smallest absolute Gasteiger partial charge is 0.251 e. The van der Waals surface area contributed by atoms with Gasteiger partial charge in [-0.2, -0.15) is 0 Å². The van der Waals surface area contributed by atoms with Crippen LogP contribution in [0.5, 0.6) is 11.5 Å². The molecule has 1 amide bonds. The number of hydrogen-bond acceptors (Lipinski definition) is 5. The number of nitrogens with zero attached hydrogens (tertiary/aromatic N) is 1. The first-order chi connectivity index (χ1) is 16.0. The largest absolute Gasteiger partial charge is 0.455 e. The van der Waals surface area contributed by atoms with Crippen LogP contribution < -0.4 is 21.1 Å². The molecule has 0 unspecified atom stereocenters. The molecule has 4 N–H and O–H groups in total. The molecule has 1 fully saturated rings. The normalized spacial score (nSPS) is 17.2. The molecule has 1 saturated heterocycles. The first-order valence-electron chi connectivity index (χ1n) is 11.4. The molecule has 6 nitrogen and oxygen atoms in total. The first-order valence-corrected chi connectivity index (χ1v) is 11.8. The molecule has 0 atom stereocenters. The summed E-state index contributed by atoms with van der Waals surface area (Å²) >= 11 is 6.53. The zero-order valence-electron chi connectivity index (χ0n) is 20.0. The summed E-state index contributed by atoms with van der Waals surface area (Å²) in [5.41, 5.74) is 7.85. The van der Waals surface area contributed by atoms with E-state index in [4.69, 9.17) is 22.1 Å². The number of amides is 1. The van der Waals surface area contributed by atoms with E-state index in [-0.39, 0.29) is 23.0 Å². The van der Waals surface area contributed by atoms with Crippen molar-refractivity contribution in [1.82, 2.24) is 15.6 Å². The first kappa shape index (κ1) is 24.0. The third kappa shape index (κ3) is 5.69. The van der Waals surface area contributed by atoms with Gasteiger partial charge < -0.3 is 21.1 Å². The highest BCUT2D eigenvalue weighted by molar-refractivity contribution is 6.32. The molecule has 2 heterocycles. The molecule has 0 bridgehead atoms. The van der Waals surface area contributed by atoms with Crippen molar-refractivity contribution in [3.63, 3.8) is 0 Å². The van der Waals surface area contributed by atoms with Crippen LogP contribution in [-0.2, 0) is 0 Å². The van der Waals surface area contributed by atoms with Gasteiger partial charge in [0.25, 0.3) is 5.91 Å². The van der Waals surface area contributed by atoms with Gasteiger partial charge in [0, 0.05) is 40.0 Å². The zero-order chi connectivity index (χ0) is 24.5. The van der Waals surface area contributed by atoms with E-state index in [1.54, 1.807) is 30.5 Å². The van der Waals surface area contributed by atoms with E-state index < -0.39 is 0 Å². The monoisotopic (exact) mass is 478 g/mol. The van der Waals surface area contributed by atoms with Crippen molar-refractivity contribution in [2.45, 2.75) is 57.7 Å². The van der Waals surface area contributed by atoms with E-state index in [9.17, 15) is 4.79 Å². The van der Waals surface area contributed by atoms with Crippen molar-refractivity contribution in [3.8, 4) is 22.6 Å². The number of aromatic nitrogens is 1. The van der Waals surface area contributed by atoms with Gasteiger partial charge in [-0.05, 0) is 76.9 Å². The number of carbonyl (C=O) groups excluding carboxylic acids is 1. The van der Waals surface area contributed by atoms with E-state index in [2.05, 4.69) is 43.3 Å². The minimum Gasteiger partial charge on any atom is -0.455 e. The molecular weight excluding hydrogens is 448 g/mol. The average Bonchev–Trinajstić information content (AvgIpc) is 2.74. The Morgan fingerprint density at radius 2 is 1.76 bits per heavy atom. The highest BCUT2D eigenvalue weighted by Crippen LogP contribution is 2.36. The number of pyridine rings is 1. The molecule has 1 aromatic heterocycles. The molecule has 0 saturated carbocycles. The highest BCUT2D eigenvalue weighted by Gasteiger charge is 2.38. The topological polar surface area (TPSA) is 89.3 Å². The summed E-state index contributed by atoms with van der Waals surface area (Å²) in [6.45, 7) is 8.64. The van der Waals surface area contributed by atoms with Crippen LogP contribution in [0.4, 0.5) is 5.82 Å². The van der Waals surface area contributed by atoms with Gasteiger partial charge in [0.15, 0.2) is 0 Å². The Balaban J connectivity index is 1.50. The summed E-state index contributed by atoms with van der Waals surface area (Å²) in [5.74, 6) is 1.42. The van der Waals surface area contributed by atoms with Crippen molar-refractivity contribution >= 4 is 23.3 Å². The number of anilines is 1. The van der Waals surface area contributed by atoms with Crippen molar-refractivity contribution in [3.05, 3.63) is 71.4 Å². The Morgan fingerprint density at radius 1 is 1.06 bits per heavy atom. The SMILES string of the molecule is CC1(C)CC(NC(=O)c2ccc(Oc3ccccc3-c3ccc(N)nc3)c(Cl)c2)CC(C)(C)N1. The van der Waals surface area contributed by atoms with Crippen LogP contribution in [0, 0.1) is 0 Å². The molecule has 4 rings (SSSR count). The molecule has 0 radical (unpaired) electrons. The standard InChI is InChI=1S/C27H31ClN4O2/c1-26(2)14-19(15-27(3,4)32-26)31-25(33)17-9-11-23(21(28)13-17)34-22-8-6-5-7-20(22)18-10-12-24(29)30-16-18/h5-13,16,19,32H,14-15H2,1-4H3,(H2,29,30)(H,31,33). The third-order valence-electron chi connectivity index (χ3n) is 5.92. The Kier molecular flexibility index (Phi) is 6.56. The van der Waals surface area contributed by atoms with E-state index in [0.29, 0.717) is 27.9 Å². The lowest BCUT2D eigenvalue weighted by molar-refractivity contribution is 0.0873. The summed E-state index contributed by atoms with van der Waals surface area (Å²) in [5, 5.41) is 7.18. The maximum absolute atomic E-state index is 13.0. The summed E-state index contributed by atoms with van der Waals surface area (Å²) in [6.07, 6.45) is 3.41. The third-order valence-corrected chi connectivity index (χ3v) is 6.22. The summed E-state index contributed by atoms with van der Waals surface area (Å²) in [7, 11) is 0. The second-order valence-corrected chi connectivity index (χ2v) is 10.6. The molecular formula is C27H31ClN4O2. The molecule has 0 aliphatic carbocycles. The Labute approximate surface area is 205 Å². The van der Waals surface area contributed by atoms with Crippen molar-refractivity contribution < 1.29 is 9.53 Å². The van der Waals surface area contributed by atoms with Gasteiger partial charge in [0.2, 0.25) is 0 Å². The molecule has 3 aromatic rings. The predicted octanol–water partition coefficient (Wildman–Crippen LogP) is 5.82. The number of benzene rings is 2. The Hall–Kier alpha value is -3.09. The van der Waals surface area contributed by atoms with Gasteiger partial charge in [0.1, 0.15) is 17.3 Å². The molecule has 1 aliphatic rings. The number of nitrogens with one attached hydrogen (secondary N) is 2. The van der Waals surface area contributed by atoms with Crippen LogP contribution in [0.15, 0.2) is 60.8 Å². The summed E-state index contributed by atoms with van der Waals surface area (Å²) < 4.78 is 6.13. The molecule has 178 valence electrons. The fourth-order valence-corrected chi connectivity index (χ4v) is 5.11. The number of rotatable bonds is 5. The van der Waals surface area contributed by atoms with E-state index in [0.717, 1.165) is 24.0 Å². The van der Waals surface area contributed by atoms with E-state index >= 15 is 0 Å². The lowest BCUT2D eigenvalue weighted by Crippen LogP contribution is -2.62. The lowest BCUT2D eigenvalue weighted by atomic mass is 9.79. The summed E-state index contributed by atoms with van der Waals surface area (Å²) in [4.78, 5) is 17.1. The van der Waals surface area contributed by atoms with Crippen LogP contribution in [-0.4, -0.2) is 28.0 Å². The Morgan fingerprint density at radius 3 is 2.41 bits per heavy atom. The van der Waals surface area contributed by atoms with Crippen molar-refractivity contribution in [2.24, 2.45) is 0 Å². The lowest BCUT2D eigenvalue weighted by Gasteiger charge is -2.46. The van der Waals surface area contributed by atoms with Crippen molar-refractivity contribution in [2.75, 3.05) is 5.73 Å². The number of halogens is 1. The number of ether oxygens (including phenoxy) is 1. The van der Waals surface area contributed by atoms with Gasteiger partial charge in [-0.1, -0.05) is 29.8 Å².